The summed E-state index contributed by atoms with van der Waals surface area (Å²) >= 11 is 20.5. The van der Waals surface area contributed by atoms with Crippen LogP contribution in [0.2, 0.25) is 15.1 Å². The van der Waals surface area contributed by atoms with Crippen molar-refractivity contribution in [2.45, 2.75) is 25.9 Å². The molecule has 0 aromatic heterocycles. The highest BCUT2D eigenvalue weighted by molar-refractivity contribution is 7.96. The highest BCUT2D eigenvalue weighted by Crippen LogP contribution is 2.41. The summed E-state index contributed by atoms with van der Waals surface area (Å²) < 4.78 is 14.4. The van der Waals surface area contributed by atoms with Crippen molar-refractivity contribution in [2.24, 2.45) is 0 Å². The lowest BCUT2D eigenvalue weighted by molar-refractivity contribution is -0.119. The van der Waals surface area contributed by atoms with Gasteiger partial charge in [0.15, 0.2) is 11.5 Å². The molecule has 4 nitrogen and oxygen atoms in total. The molecule has 0 bridgehead atoms. The topological polar surface area (TPSA) is 47.6 Å². The minimum Gasteiger partial charge on any atom is -0.486 e. The number of rotatable bonds is 11. The lowest BCUT2D eigenvalue weighted by atomic mass is 9.78. The number of halogens is 3. The Morgan fingerprint density at radius 1 is 0.912 bits per heavy atom. The molecule has 0 aliphatic heterocycles. The molecule has 0 atom stereocenters. The second kappa shape index (κ2) is 12.2. The third-order valence-electron chi connectivity index (χ3n) is 5.41. The number of benzene rings is 3. The Bertz CT molecular complexity index is 1100. The van der Waals surface area contributed by atoms with Gasteiger partial charge in [-0.2, -0.15) is 0 Å². The van der Waals surface area contributed by atoms with Crippen LogP contribution in [0, 0.1) is 0 Å². The van der Waals surface area contributed by atoms with Gasteiger partial charge in [-0.3, -0.25) is 9.52 Å². The maximum Gasteiger partial charge on any atom is 0.184 e. The minimum atomic E-state index is -0.376. The summed E-state index contributed by atoms with van der Waals surface area (Å²) in [7, 11) is 0. The first kappa shape index (κ1) is 26.7. The van der Waals surface area contributed by atoms with Crippen molar-refractivity contribution in [3.8, 4) is 11.5 Å². The van der Waals surface area contributed by atoms with E-state index in [0.29, 0.717) is 33.2 Å². The molecule has 0 heterocycles. The van der Waals surface area contributed by atoms with Crippen LogP contribution in [-0.2, 0) is 16.8 Å². The number of carbonyl (C=O) groups is 1. The first-order chi connectivity index (χ1) is 16.2. The third kappa shape index (κ3) is 7.06. The predicted molar refractivity (Wildman–Crippen MR) is 143 cm³/mol. The standard InChI is InChI=1S/C26H26Cl3NO3S/c1-26(2,18-6-10-22(11-7-18)32-16-21(31)14-30-34-3)19-12-23(28)25(24(29)13-19)33-15-17-4-8-20(27)9-5-17/h4-13,30H,14-16H2,1-3H3. The van der Waals surface area contributed by atoms with Gasteiger partial charge in [-0.1, -0.05) is 84.9 Å². The molecule has 3 aromatic rings. The van der Waals surface area contributed by atoms with Crippen LogP contribution >= 0.6 is 46.8 Å². The van der Waals surface area contributed by atoms with E-state index in [1.807, 2.05) is 66.9 Å². The van der Waals surface area contributed by atoms with E-state index in [1.165, 1.54) is 11.9 Å². The molecule has 0 radical (unpaired) electrons. The van der Waals surface area contributed by atoms with Gasteiger partial charge in [-0.05, 0) is 59.3 Å². The Labute approximate surface area is 220 Å². The molecule has 0 aliphatic rings. The zero-order valence-corrected chi connectivity index (χ0v) is 22.2. The maximum absolute atomic E-state index is 11.8. The third-order valence-corrected chi connectivity index (χ3v) is 6.65. The SMILES string of the molecule is CSNCC(=O)COc1ccc(C(C)(C)c2cc(Cl)c(OCc3ccc(Cl)cc3)c(Cl)c2)cc1. The second-order valence-electron chi connectivity index (χ2n) is 8.19. The van der Waals surface area contributed by atoms with Crippen molar-refractivity contribution in [2.75, 3.05) is 19.4 Å². The Morgan fingerprint density at radius 3 is 2.12 bits per heavy atom. The molecule has 34 heavy (non-hydrogen) atoms. The lowest BCUT2D eigenvalue weighted by Gasteiger charge is -2.27. The minimum absolute atomic E-state index is 0.0126. The number of nitrogens with one attached hydrogen (secondary N) is 1. The van der Waals surface area contributed by atoms with Crippen LogP contribution < -0.4 is 14.2 Å². The zero-order chi connectivity index (χ0) is 24.7. The first-order valence-electron chi connectivity index (χ1n) is 10.6. The van der Waals surface area contributed by atoms with Crippen LogP contribution in [0.25, 0.3) is 0 Å². The highest BCUT2D eigenvalue weighted by Gasteiger charge is 2.26. The van der Waals surface area contributed by atoms with Gasteiger partial charge in [0, 0.05) is 10.4 Å². The molecule has 8 heteroatoms. The van der Waals surface area contributed by atoms with E-state index < -0.39 is 0 Å². The van der Waals surface area contributed by atoms with E-state index in [2.05, 4.69) is 18.6 Å². The van der Waals surface area contributed by atoms with Crippen molar-refractivity contribution in [1.29, 1.82) is 0 Å². The van der Waals surface area contributed by atoms with Crippen molar-refractivity contribution in [3.05, 3.63) is 92.4 Å². The molecule has 0 saturated carbocycles. The summed E-state index contributed by atoms with van der Waals surface area (Å²) in [6.45, 7) is 4.82. The Hall–Kier alpha value is -1.89. The summed E-state index contributed by atoms with van der Waals surface area (Å²) in [5.41, 5.74) is 2.59. The second-order valence-corrected chi connectivity index (χ2v) is 10.1. The number of hydrogen-bond donors (Lipinski definition) is 1. The van der Waals surface area contributed by atoms with E-state index in [-0.39, 0.29) is 24.3 Å². The van der Waals surface area contributed by atoms with Crippen molar-refractivity contribution in [3.63, 3.8) is 0 Å². The summed E-state index contributed by atoms with van der Waals surface area (Å²) in [4.78, 5) is 11.8. The molecular formula is C26H26Cl3NO3S. The Kier molecular flexibility index (Phi) is 9.57. The van der Waals surface area contributed by atoms with E-state index in [0.717, 1.165) is 16.7 Å². The molecule has 3 aromatic carbocycles. The van der Waals surface area contributed by atoms with E-state index in [9.17, 15) is 4.79 Å². The molecular weight excluding hydrogens is 513 g/mol. The normalized spacial score (nSPS) is 11.4. The van der Waals surface area contributed by atoms with Crippen LogP contribution in [-0.4, -0.2) is 25.2 Å². The molecule has 1 N–H and O–H groups in total. The fourth-order valence-electron chi connectivity index (χ4n) is 3.30. The summed E-state index contributed by atoms with van der Waals surface area (Å²) in [5.74, 6) is 1.07. The number of ether oxygens (including phenoxy) is 2. The number of Topliss-reactive ketones (excluding diaryl/α,β-unsaturated/α-hetero) is 1. The fourth-order valence-corrected chi connectivity index (χ4v) is 4.32. The molecule has 0 amide bonds. The van der Waals surface area contributed by atoms with Crippen LogP contribution in [0.1, 0.15) is 30.5 Å². The Balaban J connectivity index is 1.70. The van der Waals surface area contributed by atoms with Gasteiger partial charge < -0.3 is 9.47 Å². The van der Waals surface area contributed by atoms with Crippen molar-refractivity contribution >= 4 is 52.5 Å². The molecule has 180 valence electrons. The van der Waals surface area contributed by atoms with Gasteiger partial charge in [-0.15, -0.1) is 0 Å². The highest BCUT2D eigenvalue weighted by atomic mass is 35.5. The summed E-state index contributed by atoms with van der Waals surface area (Å²) in [6, 6.07) is 18.9. The molecule has 0 fully saturated rings. The van der Waals surface area contributed by atoms with Crippen molar-refractivity contribution in [1.82, 2.24) is 4.72 Å². The quantitative estimate of drug-likeness (QED) is 0.258. The molecule has 3 rings (SSSR count). The maximum atomic E-state index is 11.8. The zero-order valence-electron chi connectivity index (χ0n) is 19.2. The first-order valence-corrected chi connectivity index (χ1v) is 12.9. The van der Waals surface area contributed by atoms with Crippen LogP contribution in [0.5, 0.6) is 11.5 Å². The van der Waals surface area contributed by atoms with Gasteiger partial charge >= 0.3 is 0 Å². The number of hydrogen-bond acceptors (Lipinski definition) is 5. The number of carbonyl (C=O) groups excluding carboxylic acids is 1. The van der Waals surface area contributed by atoms with E-state index >= 15 is 0 Å². The van der Waals surface area contributed by atoms with Crippen LogP contribution in [0.4, 0.5) is 0 Å². The smallest absolute Gasteiger partial charge is 0.184 e. The molecule has 0 spiro atoms. The van der Waals surface area contributed by atoms with Crippen molar-refractivity contribution < 1.29 is 14.3 Å². The number of ketones is 1. The van der Waals surface area contributed by atoms with Gasteiger partial charge in [0.25, 0.3) is 0 Å². The average molecular weight is 539 g/mol. The predicted octanol–water partition coefficient (Wildman–Crippen LogP) is 7.37. The monoisotopic (exact) mass is 537 g/mol. The largest absolute Gasteiger partial charge is 0.486 e. The Morgan fingerprint density at radius 2 is 1.53 bits per heavy atom. The van der Waals surface area contributed by atoms with Crippen LogP contribution in [0.3, 0.4) is 0 Å². The fraction of sp³-hybridized carbons (Fsp3) is 0.269. The molecule has 0 aliphatic carbocycles. The lowest BCUT2D eigenvalue weighted by Crippen LogP contribution is -2.22. The van der Waals surface area contributed by atoms with E-state index in [4.69, 9.17) is 44.3 Å². The van der Waals surface area contributed by atoms with Gasteiger partial charge in [-0.25, -0.2) is 0 Å². The summed E-state index contributed by atoms with van der Waals surface area (Å²) in [6.07, 6.45) is 1.87. The van der Waals surface area contributed by atoms with Gasteiger partial charge in [0.05, 0.1) is 16.6 Å². The summed E-state index contributed by atoms with van der Waals surface area (Å²) in [5, 5.41) is 1.56. The molecule has 0 unspecified atom stereocenters. The van der Waals surface area contributed by atoms with Crippen LogP contribution in [0.15, 0.2) is 60.7 Å². The van der Waals surface area contributed by atoms with Gasteiger partial charge in [0.2, 0.25) is 0 Å². The van der Waals surface area contributed by atoms with E-state index in [1.54, 1.807) is 0 Å². The molecule has 0 saturated heterocycles. The average Bonchev–Trinajstić information content (AvgIpc) is 2.82. The van der Waals surface area contributed by atoms with Gasteiger partial charge in [0.1, 0.15) is 19.0 Å².